The predicted molar refractivity (Wildman–Crippen MR) is 134 cm³/mol. The lowest BCUT2D eigenvalue weighted by Gasteiger charge is -2.11. The number of halogens is 1. The van der Waals surface area contributed by atoms with Crippen molar-refractivity contribution in [1.29, 1.82) is 0 Å². The molecule has 34 heavy (non-hydrogen) atoms. The van der Waals surface area contributed by atoms with Gasteiger partial charge in [-0.3, -0.25) is 4.79 Å². The number of thiazole rings is 1. The van der Waals surface area contributed by atoms with Crippen LogP contribution in [0.3, 0.4) is 0 Å². The normalized spacial score (nSPS) is 13.4. The van der Waals surface area contributed by atoms with E-state index in [1.54, 1.807) is 47.4 Å². The van der Waals surface area contributed by atoms with Crippen LogP contribution in [0.15, 0.2) is 52.2 Å². The van der Waals surface area contributed by atoms with Crippen LogP contribution < -0.4 is 5.32 Å². The molecule has 4 aromatic rings. The Bertz CT molecular complexity index is 1320. The van der Waals surface area contributed by atoms with Crippen molar-refractivity contribution in [2.24, 2.45) is 0 Å². The van der Waals surface area contributed by atoms with Crippen LogP contribution >= 0.6 is 23.1 Å². The number of fused-ring (bicyclic) bond motifs is 1. The third-order valence-electron chi connectivity index (χ3n) is 5.76. The van der Waals surface area contributed by atoms with E-state index in [1.807, 2.05) is 24.4 Å². The molecular weight excluding hydrogens is 469 g/mol. The molecule has 3 heterocycles. The molecule has 0 unspecified atom stereocenters. The number of nitrogens with zero attached hydrogens (tertiary/aromatic N) is 4. The van der Waals surface area contributed by atoms with Crippen LogP contribution in [0.4, 0.5) is 10.1 Å². The monoisotopic (exact) mass is 493 g/mol. The second-order valence-corrected chi connectivity index (χ2v) is 10.4. The zero-order valence-electron chi connectivity index (χ0n) is 18.8. The summed E-state index contributed by atoms with van der Waals surface area (Å²) < 4.78 is 17.7. The van der Waals surface area contributed by atoms with E-state index in [2.05, 4.69) is 25.1 Å². The average Bonchev–Trinajstić information content (AvgIpc) is 3.37. The SMILES string of the molecule is Cc1csc(SCc2ccc(C(=O)Nc3cc(-c4nnc5n4CCCCC5)ccc3F)cc2)n1. The lowest BCUT2D eigenvalue weighted by molar-refractivity contribution is 0.102. The van der Waals surface area contributed by atoms with E-state index in [4.69, 9.17) is 0 Å². The molecule has 0 bridgehead atoms. The van der Waals surface area contributed by atoms with Crippen LogP contribution in [0, 0.1) is 12.7 Å². The molecule has 0 saturated heterocycles. The number of nitrogens with one attached hydrogen (secondary N) is 1. The maximum atomic E-state index is 14.6. The van der Waals surface area contributed by atoms with Crippen LogP contribution in [0.25, 0.3) is 11.4 Å². The summed E-state index contributed by atoms with van der Waals surface area (Å²) in [6.45, 7) is 2.83. The van der Waals surface area contributed by atoms with Gasteiger partial charge >= 0.3 is 0 Å². The van der Waals surface area contributed by atoms with E-state index in [9.17, 15) is 9.18 Å². The standard InChI is InChI=1S/C25H24FN5OS2/c1-16-14-33-25(27-16)34-15-17-6-8-18(9-7-17)24(32)28-21-13-19(10-11-20(21)26)23-30-29-22-5-3-2-4-12-31(22)23/h6-11,13-14H,2-5,12,15H2,1H3,(H,28,32). The largest absolute Gasteiger partial charge is 0.319 e. The molecule has 1 aliphatic rings. The van der Waals surface area contributed by atoms with E-state index in [0.717, 1.165) is 65.0 Å². The number of thioether (sulfide) groups is 1. The molecule has 9 heteroatoms. The number of anilines is 1. The van der Waals surface area contributed by atoms with Crippen molar-refractivity contribution >= 4 is 34.7 Å². The maximum Gasteiger partial charge on any atom is 0.255 e. The summed E-state index contributed by atoms with van der Waals surface area (Å²) in [5.41, 5.74) is 3.46. The van der Waals surface area contributed by atoms with E-state index in [1.165, 1.54) is 6.07 Å². The van der Waals surface area contributed by atoms with Crippen molar-refractivity contribution in [3.05, 3.63) is 76.3 Å². The number of rotatable bonds is 6. The Hall–Kier alpha value is -3.04. The number of aromatic nitrogens is 4. The zero-order valence-corrected chi connectivity index (χ0v) is 20.4. The molecule has 1 amide bonds. The van der Waals surface area contributed by atoms with Gasteiger partial charge in [0.2, 0.25) is 0 Å². The summed E-state index contributed by atoms with van der Waals surface area (Å²) in [7, 11) is 0. The van der Waals surface area contributed by atoms with Gasteiger partial charge in [0.15, 0.2) is 5.82 Å². The molecule has 0 spiro atoms. The first-order valence-electron chi connectivity index (χ1n) is 11.2. The van der Waals surface area contributed by atoms with Gasteiger partial charge in [-0.15, -0.1) is 21.5 Å². The van der Waals surface area contributed by atoms with Crippen molar-refractivity contribution in [2.75, 3.05) is 5.32 Å². The fraction of sp³-hybridized carbons (Fsp3) is 0.280. The van der Waals surface area contributed by atoms with Crippen LogP contribution in [-0.4, -0.2) is 25.7 Å². The number of carbonyl (C=O) groups is 1. The number of hydrogen-bond acceptors (Lipinski definition) is 6. The highest BCUT2D eigenvalue weighted by Gasteiger charge is 2.18. The molecule has 174 valence electrons. The Labute approximate surface area is 205 Å². The molecule has 0 atom stereocenters. The molecule has 6 nitrogen and oxygen atoms in total. The number of carbonyl (C=O) groups excluding carboxylic acids is 1. The summed E-state index contributed by atoms with van der Waals surface area (Å²) in [6.07, 6.45) is 4.23. The summed E-state index contributed by atoms with van der Waals surface area (Å²) in [5.74, 6) is 1.61. The molecule has 2 aromatic carbocycles. The predicted octanol–water partition coefficient (Wildman–Crippen LogP) is 6.12. The Balaban J connectivity index is 1.29. The third-order valence-corrected chi connectivity index (χ3v) is 7.97. The topological polar surface area (TPSA) is 72.7 Å². The highest BCUT2D eigenvalue weighted by atomic mass is 32.2. The minimum atomic E-state index is -0.487. The van der Waals surface area contributed by atoms with Crippen LogP contribution in [0.1, 0.15) is 46.7 Å². The number of benzene rings is 2. The summed E-state index contributed by atoms with van der Waals surface area (Å²) >= 11 is 3.30. The maximum absolute atomic E-state index is 14.6. The van der Waals surface area contributed by atoms with Crippen LogP contribution in [-0.2, 0) is 18.7 Å². The molecular formula is C25H24FN5OS2. The minimum absolute atomic E-state index is 0.132. The lowest BCUT2D eigenvalue weighted by atomic mass is 10.1. The molecule has 0 fully saturated rings. The lowest BCUT2D eigenvalue weighted by Crippen LogP contribution is -2.13. The van der Waals surface area contributed by atoms with Gasteiger partial charge in [0.25, 0.3) is 5.91 Å². The van der Waals surface area contributed by atoms with Crippen molar-refractivity contribution in [3.63, 3.8) is 0 Å². The van der Waals surface area contributed by atoms with E-state index in [-0.39, 0.29) is 11.6 Å². The van der Waals surface area contributed by atoms with Crippen molar-refractivity contribution < 1.29 is 9.18 Å². The van der Waals surface area contributed by atoms with Gasteiger partial charge < -0.3 is 9.88 Å². The van der Waals surface area contributed by atoms with Gasteiger partial charge in [0.1, 0.15) is 16.0 Å². The summed E-state index contributed by atoms with van der Waals surface area (Å²) in [6, 6.07) is 12.0. The zero-order chi connectivity index (χ0) is 23.5. The fourth-order valence-electron chi connectivity index (χ4n) is 3.95. The first kappa shape index (κ1) is 22.7. The van der Waals surface area contributed by atoms with Crippen molar-refractivity contribution in [2.45, 2.75) is 49.2 Å². The number of aryl methyl sites for hydroxylation is 2. The van der Waals surface area contributed by atoms with Gasteiger partial charge in [0.05, 0.1) is 5.69 Å². The molecule has 0 radical (unpaired) electrons. The Morgan fingerprint density at radius 1 is 1.15 bits per heavy atom. The first-order chi connectivity index (χ1) is 16.6. The molecule has 1 aliphatic heterocycles. The van der Waals surface area contributed by atoms with Crippen LogP contribution in [0.2, 0.25) is 0 Å². The third kappa shape index (κ3) is 5.05. The fourth-order valence-corrected chi connectivity index (χ4v) is 5.75. The minimum Gasteiger partial charge on any atom is -0.319 e. The van der Waals surface area contributed by atoms with Crippen molar-refractivity contribution in [1.82, 2.24) is 19.7 Å². The molecule has 0 saturated carbocycles. The molecule has 0 aliphatic carbocycles. The second-order valence-electron chi connectivity index (χ2n) is 8.29. The Kier molecular flexibility index (Phi) is 6.73. The molecule has 5 rings (SSSR count). The number of amides is 1. The van der Waals surface area contributed by atoms with Crippen LogP contribution in [0.5, 0.6) is 0 Å². The van der Waals surface area contributed by atoms with Gasteiger partial charge in [0, 0.05) is 40.9 Å². The van der Waals surface area contributed by atoms with E-state index in [0.29, 0.717) is 11.4 Å². The van der Waals surface area contributed by atoms with Gasteiger partial charge in [-0.2, -0.15) is 0 Å². The second kappa shape index (κ2) is 10.1. The van der Waals surface area contributed by atoms with E-state index < -0.39 is 5.82 Å². The van der Waals surface area contributed by atoms with Gasteiger partial charge in [-0.25, -0.2) is 9.37 Å². The molecule has 1 N–H and O–H groups in total. The highest BCUT2D eigenvalue weighted by molar-refractivity contribution is 8.00. The first-order valence-corrected chi connectivity index (χ1v) is 13.1. The van der Waals surface area contributed by atoms with Gasteiger partial charge in [-0.05, 0) is 55.7 Å². The molecule has 2 aromatic heterocycles. The van der Waals surface area contributed by atoms with Gasteiger partial charge in [-0.1, -0.05) is 30.3 Å². The van der Waals surface area contributed by atoms with Crippen molar-refractivity contribution in [3.8, 4) is 11.4 Å². The Morgan fingerprint density at radius 2 is 2.00 bits per heavy atom. The number of hydrogen-bond donors (Lipinski definition) is 1. The quantitative estimate of drug-likeness (QED) is 0.328. The Morgan fingerprint density at radius 3 is 2.79 bits per heavy atom. The summed E-state index contributed by atoms with van der Waals surface area (Å²) in [5, 5.41) is 13.4. The van der Waals surface area contributed by atoms with E-state index >= 15 is 0 Å². The highest BCUT2D eigenvalue weighted by Crippen LogP contribution is 2.28. The average molecular weight is 494 g/mol. The smallest absolute Gasteiger partial charge is 0.255 e. The summed E-state index contributed by atoms with van der Waals surface area (Å²) in [4.78, 5) is 17.3.